The molecule has 1 aliphatic carbocycles. The highest BCUT2D eigenvalue weighted by Gasteiger charge is 2.34. The van der Waals surface area contributed by atoms with Crippen LogP contribution < -0.4 is 16.4 Å². The van der Waals surface area contributed by atoms with Crippen LogP contribution in [0.3, 0.4) is 0 Å². The van der Waals surface area contributed by atoms with Gasteiger partial charge in [-0.05, 0) is 67.6 Å². The van der Waals surface area contributed by atoms with Gasteiger partial charge in [-0.2, -0.15) is 5.26 Å². The Bertz CT molecular complexity index is 1120. The average molecular weight is 489 g/mol. The maximum atomic E-state index is 9.97. The molecule has 0 bridgehead atoms. The Labute approximate surface area is 217 Å². The zero-order valence-corrected chi connectivity index (χ0v) is 22.9. The lowest BCUT2D eigenvalue weighted by Crippen LogP contribution is -2.36. The number of nitrogen functional groups attached to an aromatic ring is 1. The van der Waals surface area contributed by atoms with E-state index in [9.17, 15) is 5.26 Å². The predicted octanol–water partition coefficient (Wildman–Crippen LogP) is 6.14. The Kier molecular flexibility index (Phi) is 9.37. The number of benzene rings is 1. The maximum absolute atomic E-state index is 9.97. The average Bonchev–Trinajstić information content (AvgIpc) is 3.37. The highest BCUT2D eigenvalue weighted by molar-refractivity contribution is 5.63. The molecule has 1 aromatic carbocycles. The first-order valence-corrected chi connectivity index (χ1v) is 13.7. The molecule has 194 valence electrons. The van der Waals surface area contributed by atoms with E-state index in [0.29, 0.717) is 22.9 Å². The number of nitriles is 1. The summed E-state index contributed by atoms with van der Waals surface area (Å²) < 4.78 is 0. The molecule has 2 aliphatic rings. The molecule has 0 spiro atoms. The molecule has 4 rings (SSSR count). The molecule has 0 saturated carbocycles. The van der Waals surface area contributed by atoms with E-state index in [-0.39, 0.29) is 12.0 Å². The normalized spacial score (nSPS) is 19.6. The van der Waals surface area contributed by atoms with Crippen LogP contribution in [-0.2, 0) is 19.3 Å². The molecule has 1 fully saturated rings. The van der Waals surface area contributed by atoms with Crippen LogP contribution in [0.1, 0.15) is 112 Å². The van der Waals surface area contributed by atoms with Gasteiger partial charge in [-0.15, -0.1) is 0 Å². The number of fused-ring (bicyclic) bond motifs is 1. The minimum Gasteiger partial charge on any atom is -0.401 e. The molecule has 36 heavy (non-hydrogen) atoms. The summed E-state index contributed by atoms with van der Waals surface area (Å²) >= 11 is 0. The number of anilines is 2. The molecule has 0 amide bonds. The van der Waals surface area contributed by atoms with Gasteiger partial charge in [-0.3, -0.25) is 0 Å². The second kappa shape index (κ2) is 12.3. The zero-order chi connectivity index (χ0) is 26.4. The SMILES string of the molecule is C=C(N)C1CCCN1c1nc(CC)nc2c1CCC(c1c(C(C)CC)ccc(N)c1C#N)C2.CCC. The Morgan fingerprint density at radius 1 is 1.22 bits per heavy atom. The van der Waals surface area contributed by atoms with Crippen LogP contribution in [0.15, 0.2) is 24.4 Å². The van der Waals surface area contributed by atoms with E-state index in [0.717, 1.165) is 74.4 Å². The van der Waals surface area contributed by atoms with Gasteiger partial charge in [0.05, 0.1) is 17.3 Å². The largest absolute Gasteiger partial charge is 0.401 e. The minimum absolute atomic E-state index is 0.141. The predicted molar refractivity (Wildman–Crippen MR) is 150 cm³/mol. The summed E-state index contributed by atoms with van der Waals surface area (Å²) in [6.45, 7) is 15.8. The Balaban J connectivity index is 0.00000115. The molecule has 6 heteroatoms. The van der Waals surface area contributed by atoms with Gasteiger partial charge >= 0.3 is 0 Å². The van der Waals surface area contributed by atoms with E-state index in [4.69, 9.17) is 21.4 Å². The van der Waals surface area contributed by atoms with E-state index in [2.05, 4.69) is 58.2 Å². The first-order valence-electron chi connectivity index (χ1n) is 13.7. The van der Waals surface area contributed by atoms with Gasteiger partial charge in [0, 0.05) is 29.9 Å². The minimum atomic E-state index is 0.141. The summed E-state index contributed by atoms with van der Waals surface area (Å²) in [6.07, 6.45) is 7.82. The van der Waals surface area contributed by atoms with E-state index in [1.165, 1.54) is 17.5 Å². The fourth-order valence-electron chi connectivity index (χ4n) is 5.56. The van der Waals surface area contributed by atoms with Crippen molar-refractivity contribution in [1.82, 2.24) is 9.97 Å². The van der Waals surface area contributed by atoms with Gasteiger partial charge in [0.2, 0.25) is 0 Å². The maximum Gasteiger partial charge on any atom is 0.136 e. The molecular formula is C30H44N6. The molecular weight excluding hydrogens is 444 g/mol. The quantitative estimate of drug-likeness (QED) is 0.473. The Hall–Kier alpha value is -3.07. The summed E-state index contributed by atoms with van der Waals surface area (Å²) in [6, 6.07) is 6.57. The Morgan fingerprint density at radius 3 is 2.56 bits per heavy atom. The number of aryl methyl sites for hydroxylation is 1. The fraction of sp³-hybridized carbons (Fsp3) is 0.567. The molecule has 3 atom stereocenters. The highest BCUT2D eigenvalue weighted by Crippen LogP contribution is 2.42. The van der Waals surface area contributed by atoms with Gasteiger partial charge in [0.15, 0.2) is 0 Å². The summed E-state index contributed by atoms with van der Waals surface area (Å²) in [5.41, 5.74) is 19.1. The topological polar surface area (TPSA) is 105 Å². The van der Waals surface area contributed by atoms with Crippen molar-refractivity contribution < 1.29 is 0 Å². The lowest BCUT2D eigenvalue weighted by Gasteiger charge is -2.33. The summed E-state index contributed by atoms with van der Waals surface area (Å²) in [5.74, 6) is 2.51. The van der Waals surface area contributed by atoms with Crippen molar-refractivity contribution in [2.75, 3.05) is 17.2 Å². The molecule has 2 aromatic rings. The van der Waals surface area contributed by atoms with Crippen LogP contribution in [0.4, 0.5) is 11.5 Å². The summed E-state index contributed by atoms with van der Waals surface area (Å²) in [4.78, 5) is 12.3. The van der Waals surface area contributed by atoms with Crippen molar-refractivity contribution in [3.05, 3.63) is 58.2 Å². The van der Waals surface area contributed by atoms with Crippen LogP contribution in [0.5, 0.6) is 0 Å². The third-order valence-corrected chi connectivity index (χ3v) is 7.54. The van der Waals surface area contributed by atoms with Gasteiger partial charge < -0.3 is 16.4 Å². The molecule has 3 unspecified atom stereocenters. The van der Waals surface area contributed by atoms with Crippen LogP contribution in [0.25, 0.3) is 0 Å². The van der Waals surface area contributed by atoms with Gasteiger partial charge in [-0.25, -0.2) is 9.97 Å². The Morgan fingerprint density at radius 2 is 1.94 bits per heavy atom. The van der Waals surface area contributed by atoms with Crippen molar-refractivity contribution in [1.29, 1.82) is 5.26 Å². The van der Waals surface area contributed by atoms with Gasteiger partial charge in [-0.1, -0.05) is 53.7 Å². The van der Waals surface area contributed by atoms with Crippen molar-refractivity contribution >= 4 is 11.5 Å². The van der Waals surface area contributed by atoms with E-state index in [1.807, 2.05) is 6.07 Å². The van der Waals surface area contributed by atoms with Crippen molar-refractivity contribution in [2.45, 2.75) is 104 Å². The summed E-state index contributed by atoms with van der Waals surface area (Å²) in [7, 11) is 0. The molecule has 1 saturated heterocycles. The van der Waals surface area contributed by atoms with Gasteiger partial charge in [0.1, 0.15) is 17.7 Å². The molecule has 1 aliphatic heterocycles. The number of nitrogens with zero attached hydrogens (tertiary/aromatic N) is 4. The smallest absolute Gasteiger partial charge is 0.136 e. The third kappa shape index (κ3) is 5.51. The number of nitrogens with two attached hydrogens (primary N) is 2. The van der Waals surface area contributed by atoms with E-state index >= 15 is 0 Å². The van der Waals surface area contributed by atoms with Crippen LogP contribution in [0, 0.1) is 11.3 Å². The molecule has 0 radical (unpaired) electrons. The first-order chi connectivity index (χ1) is 17.3. The number of aromatic nitrogens is 2. The number of hydrogen-bond donors (Lipinski definition) is 2. The van der Waals surface area contributed by atoms with Crippen molar-refractivity contribution in [3.8, 4) is 6.07 Å². The lowest BCUT2D eigenvalue weighted by molar-refractivity contribution is 0.552. The molecule has 2 heterocycles. The zero-order valence-electron chi connectivity index (χ0n) is 22.9. The van der Waals surface area contributed by atoms with E-state index in [1.54, 1.807) is 0 Å². The fourth-order valence-corrected chi connectivity index (χ4v) is 5.56. The number of hydrogen-bond acceptors (Lipinski definition) is 6. The van der Waals surface area contributed by atoms with E-state index < -0.39 is 0 Å². The van der Waals surface area contributed by atoms with Crippen LogP contribution in [0.2, 0.25) is 0 Å². The highest BCUT2D eigenvalue weighted by atomic mass is 15.2. The molecule has 1 aromatic heterocycles. The standard InChI is InChI=1S/C27H36N6.C3H8/c1-5-16(3)19-11-12-22(30)21(15-28)26(19)18-9-10-20-23(14-18)31-25(6-2)32-27(20)33-13-7-8-24(33)17(4)29;1-3-2/h11-12,16,18,24H,4-10,13-14,29-30H2,1-3H3;3H2,1-2H3. The van der Waals surface area contributed by atoms with Crippen molar-refractivity contribution in [2.24, 2.45) is 5.73 Å². The number of rotatable bonds is 6. The second-order valence-electron chi connectivity index (χ2n) is 10.3. The van der Waals surface area contributed by atoms with Crippen molar-refractivity contribution in [3.63, 3.8) is 0 Å². The summed E-state index contributed by atoms with van der Waals surface area (Å²) in [5, 5.41) is 9.97. The van der Waals surface area contributed by atoms with Crippen LogP contribution >= 0.6 is 0 Å². The monoisotopic (exact) mass is 488 g/mol. The third-order valence-electron chi connectivity index (χ3n) is 7.54. The second-order valence-corrected chi connectivity index (χ2v) is 10.3. The first kappa shape index (κ1) is 27.5. The molecule has 6 nitrogen and oxygen atoms in total. The van der Waals surface area contributed by atoms with Crippen LogP contribution in [-0.4, -0.2) is 22.6 Å². The lowest BCUT2D eigenvalue weighted by atomic mass is 9.76. The molecule has 4 N–H and O–H groups in total. The van der Waals surface area contributed by atoms with Gasteiger partial charge in [0.25, 0.3) is 0 Å².